The summed E-state index contributed by atoms with van der Waals surface area (Å²) in [6.45, 7) is 0. The fourth-order valence-corrected chi connectivity index (χ4v) is 2.41. The minimum Gasteiger partial charge on any atom is -0.497 e. The van der Waals surface area contributed by atoms with E-state index >= 15 is 0 Å². The van der Waals surface area contributed by atoms with Gasteiger partial charge in [-0.3, -0.25) is 4.79 Å². The molecule has 2 rings (SSSR count). The molecule has 5 nitrogen and oxygen atoms in total. The number of aliphatic carboxylic acids is 1. The first-order chi connectivity index (χ1) is 9.51. The minimum absolute atomic E-state index is 0.0743. The number of ether oxygens (including phenoxy) is 1. The number of hydrogen-bond donors (Lipinski definition) is 2. The lowest BCUT2D eigenvalue weighted by atomic mass is 10.1. The highest BCUT2D eigenvalue weighted by Crippen LogP contribution is 2.32. The number of benzene rings is 1. The summed E-state index contributed by atoms with van der Waals surface area (Å²) in [5, 5.41) is 11.7. The van der Waals surface area contributed by atoms with E-state index < -0.39 is 12.0 Å². The predicted molar refractivity (Wildman–Crippen MR) is 76.7 cm³/mol. The van der Waals surface area contributed by atoms with Gasteiger partial charge in [0, 0.05) is 4.47 Å². The van der Waals surface area contributed by atoms with E-state index in [1.54, 1.807) is 25.3 Å². The van der Waals surface area contributed by atoms with E-state index in [1.807, 2.05) is 0 Å². The summed E-state index contributed by atoms with van der Waals surface area (Å²) in [6, 6.07) is 4.58. The van der Waals surface area contributed by atoms with Crippen LogP contribution >= 0.6 is 15.9 Å². The van der Waals surface area contributed by atoms with E-state index in [9.17, 15) is 9.59 Å². The second-order valence-electron chi connectivity index (χ2n) is 4.85. The second kappa shape index (κ2) is 6.26. The smallest absolute Gasteiger partial charge is 0.326 e. The number of halogens is 1. The average molecular weight is 342 g/mol. The molecule has 0 heterocycles. The third-order valence-electron chi connectivity index (χ3n) is 3.28. The molecule has 20 heavy (non-hydrogen) atoms. The normalized spacial score (nSPS) is 15.5. The molecular formula is C14H16BrNO4. The molecule has 0 spiro atoms. The molecule has 1 aromatic carbocycles. The Labute approximate surface area is 125 Å². The monoisotopic (exact) mass is 341 g/mol. The highest BCUT2D eigenvalue weighted by molar-refractivity contribution is 9.10. The van der Waals surface area contributed by atoms with Gasteiger partial charge >= 0.3 is 5.97 Å². The van der Waals surface area contributed by atoms with Crippen LogP contribution in [0.1, 0.15) is 18.4 Å². The van der Waals surface area contributed by atoms with Gasteiger partial charge in [0.05, 0.1) is 13.5 Å². The van der Waals surface area contributed by atoms with Gasteiger partial charge in [0.1, 0.15) is 11.8 Å². The summed E-state index contributed by atoms with van der Waals surface area (Å²) >= 11 is 3.37. The largest absolute Gasteiger partial charge is 0.497 e. The van der Waals surface area contributed by atoms with Crippen molar-refractivity contribution in [1.82, 2.24) is 5.32 Å². The number of carbonyl (C=O) groups excluding carboxylic acids is 1. The number of nitrogens with one attached hydrogen (secondary N) is 1. The highest BCUT2D eigenvalue weighted by atomic mass is 79.9. The van der Waals surface area contributed by atoms with Crippen LogP contribution in [0, 0.1) is 5.92 Å². The third kappa shape index (κ3) is 3.72. The molecule has 0 aliphatic heterocycles. The van der Waals surface area contributed by atoms with Crippen molar-refractivity contribution in [2.45, 2.75) is 25.3 Å². The molecule has 0 saturated heterocycles. The fraction of sp³-hybridized carbons (Fsp3) is 0.429. The predicted octanol–water partition coefficient (Wildman–Crippen LogP) is 1.98. The number of methoxy groups -OCH3 is 1. The Bertz CT molecular complexity index is 528. The van der Waals surface area contributed by atoms with Crippen LogP contribution in [0.15, 0.2) is 22.7 Å². The van der Waals surface area contributed by atoms with Gasteiger partial charge in [0.25, 0.3) is 0 Å². The number of hydrogen-bond acceptors (Lipinski definition) is 3. The van der Waals surface area contributed by atoms with Gasteiger partial charge in [0.15, 0.2) is 0 Å². The van der Waals surface area contributed by atoms with Crippen LogP contribution < -0.4 is 10.1 Å². The molecule has 1 aliphatic rings. The summed E-state index contributed by atoms with van der Waals surface area (Å²) in [5.74, 6) is -0.526. The number of amides is 1. The van der Waals surface area contributed by atoms with E-state index in [-0.39, 0.29) is 18.2 Å². The number of carbonyl (C=O) groups is 2. The van der Waals surface area contributed by atoms with Crippen LogP contribution in [0.3, 0.4) is 0 Å². The zero-order chi connectivity index (χ0) is 14.7. The van der Waals surface area contributed by atoms with E-state index in [4.69, 9.17) is 9.84 Å². The van der Waals surface area contributed by atoms with Crippen molar-refractivity contribution in [3.05, 3.63) is 28.2 Å². The Balaban J connectivity index is 2.02. The van der Waals surface area contributed by atoms with Crippen molar-refractivity contribution in [1.29, 1.82) is 0 Å². The standard InChI is InChI=1S/C14H16BrNO4/c1-20-10-4-5-11(15)9(6-10)7-12(17)16-13(14(18)19)8-2-3-8/h4-6,8,13H,2-3,7H2,1H3,(H,16,17)(H,18,19). The van der Waals surface area contributed by atoms with Gasteiger partial charge in [0.2, 0.25) is 5.91 Å². The lowest BCUT2D eigenvalue weighted by Gasteiger charge is -2.14. The summed E-state index contributed by atoms with van der Waals surface area (Å²) in [4.78, 5) is 23.1. The molecule has 1 atom stereocenters. The van der Waals surface area contributed by atoms with Gasteiger partial charge in [-0.05, 0) is 42.5 Å². The molecule has 0 radical (unpaired) electrons. The van der Waals surface area contributed by atoms with Crippen molar-refractivity contribution < 1.29 is 19.4 Å². The van der Waals surface area contributed by atoms with Crippen LogP contribution in [-0.4, -0.2) is 30.1 Å². The van der Waals surface area contributed by atoms with Crippen molar-refractivity contribution in [2.24, 2.45) is 5.92 Å². The zero-order valence-electron chi connectivity index (χ0n) is 11.1. The molecule has 1 unspecified atom stereocenters. The average Bonchev–Trinajstić information content (AvgIpc) is 3.22. The molecule has 2 N–H and O–H groups in total. The quantitative estimate of drug-likeness (QED) is 0.829. The van der Waals surface area contributed by atoms with Gasteiger partial charge < -0.3 is 15.2 Å². The van der Waals surface area contributed by atoms with Gasteiger partial charge in [-0.2, -0.15) is 0 Å². The molecule has 0 aromatic heterocycles. The van der Waals surface area contributed by atoms with Gasteiger partial charge in [-0.15, -0.1) is 0 Å². The van der Waals surface area contributed by atoms with Crippen molar-refractivity contribution in [2.75, 3.05) is 7.11 Å². The third-order valence-corrected chi connectivity index (χ3v) is 4.05. The maximum absolute atomic E-state index is 12.0. The van der Waals surface area contributed by atoms with E-state index in [1.165, 1.54) is 0 Å². The Morgan fingerprint density at radius 3 is 2.75 bits per heavy atom. The highest BCUT2D eigenvalue weighted by Gasteiger charge is 2.37. The SMILES string of the molecule is COc1ccc(Br)c(CC(=O)NC(C(=O)O)C2CC2)c1. The Morgan fingerprint density at radius 1 is 1.50 bits per heavy atom. The summed E-state index contributed by atoms with van der Waals surface area (Å²) in [7, 11) is 1.56. The lowest BCUT2D eigenvalue weighted by Crippen LogP contribution is -2.43. The molecule has 1 amide bonds. The van der Waals surface area contributed by atoms with E-state index in [0.717, 1.165) is 22.9 Å². The second-order valence-corrected chi connectivity index (χ2v) is 5.71. The lowest BCUT2D eigenvalue weighted by molar-refractivity contribution is -0.142. The molecule has 108 valence electrons. The molecule has 1 aromatic rings. The van der Waals surface area contributed by atoms with Crippen LogP contribution in [0.4, 0.5) is 0 Å². The fourth-order valence-electron chi connectivity index (χ4n) is 2.02. The molecular weight excluding hydrogens is 326 g/mol. The summed E-state index contributed by atoms with van der Waals surface area (Å²) in [6.07, 6.45) is 1.84. The Morgan fingerprint density at radius 2 is 2.20 bits per heavy atom. The van der Waals surface area contributed by atoms with Gasteiger partial charge in [-0.1, -0.05) is 15.9 Å². The first kappa shape index (κ1) is 14.8. The molecule has 1 aliphatic carbocycles. The zero-order valence-corrected chi connectivity index (χ0v) is 12.6. The maximum Gasteiger partial charge on any atom is 0.326 e. The van der Waals surface area contributed by atoms with Crippen molar-refractivity contribution in [3.8, 4) is 5.75 Å². The van der Waals surface area contributed by atoms with Crippen molar-refractivity contribution in [3.63, 3.8) is 0 Å². The number of rotatable bonds is 6. The Hall–Kier alpha value is -1.56. The first-order valence-electron chi connectivity index (χ1n) is 6.36. The minimum atomic E-state index is -0.967. The Kier molecular flexibility index (Phi) is 4.65. The molecule has 0 bridgehead atoms. The van der Waals surface area contributed by atoms with Crippen LogP contribution in [0.2, 0.25) is 0 Å². The van der Waals surface area contributed by atoms with E-state index in [0.29, 0.717) is 5.75 Å². The summed E-state index contributed by atoms with van der Waals surface area (Å²) in [5.41, 5.74) is 0.766. The van der Waals surface area contributed by atoms with Gasteiger partial charge in [-0.25, -0.2) is 4.79 Å². The number of carboxylic acids is 1. The molecule has 1 saturated carbocycles. The van der Waals surface area contributed by atoms with Crippen LogP contribution in [0.25, 0.3) is 0 Å². The molecule has 1 fully saturated rings. The van der Waals surface area contributed by atoms with Crippen molar-refractivity contribution >= 4 is 27.8 Å². The maximum atomic E-state index is 12.0. The van der Waals surface area contributed by atoms with Crippen LogP contribution in [-0.2, 0) is 16.0 Å². The van der Waals surface area contributed by atoms with E-state index in [2.05, 4.69) is 21.2 Å². The first-order valence-corrected chi connectivity index (χ1v) is 7.15. The number of carboxylic acid groups (broad SMARTS) is 1. The topological polar surface area (TPSA) is 75.6 Å². The molecule has 6 heteroatoms. The van der Waals surface area contributed by atoms with Crippen LogP contribution in [0.5, 0.6) is 5.75 Å². The summed E-state index contributed by atoms with van der Waals surface area (Å²) < 4.78 is 5.91.